The standard InChI is InChI=1S/C14H16N2/c1-16(15)11-12-7-9-14(10-8-12)13-5-3-2-4-6-13/h2-10H,11,15H2,1H3. The molecule has 0 unspecified atom stereocenters. The van der Waals surface area contributed by atoms with Crippen LogP contribution in [0, 0.1) is 0 Å². The fourth-order valence-electron chi connectivity index (χ4n) is 1.72. The van der Waals surface area contributed by atoms with Gasteiger partial charge in [-0.3, -0.25) is 5.84 Å². The van der Waals surface area contributed by atoms with Gasteiger partial charge in [-0.25, -0.2) is 5.01 Å². The summed E-state index contributed by atoms with van der Waals surface area (Å²) < 4.78 is 0. The van der Waals surface area contributed by atoms with Crippen LogP contribution < -0.4 is 5.84 Å². The molecular weight excluding hydrogens is 196 g/mol. The van der Waals surface area contributed by atoms with Crippen LogP contribution in [0.15, 0.2) is 54.6 Å². The predicted octanol–water partition coefficient (Wildman–Crippen LogP) is 2.66. The Morgan fingerprint density at radius 3 is 2.00 bits per heavy atom. The Bertz CT molecular complexity index is 432. The van der Waals surface area contributed by atoms with Crippen LogP contribution in [0.4, 0.5) is 0 Å². The lowest BCUT2D eigenvalue weighted by molar-refractivity contribution is 0.341. The van der Waals surface area contributed by atoms with Crippen molar-refractivity contribution in [2.45, 2.75) is 6.54 Å². The first-order valence-corrected chi connectivity index (χ1v) is 5.36. The number of nitrogens with two attached hydrogens (primary N) is 1. The van der Waals surface area contributed by atoms with Gasteiger partial charge in [0, 0.05) is 13.6 Å². The number of benzene rings is 2. The summed E-state index contributed by atoms with van der Waals surface area (Å²) in [4.78, 5) is 0. The molecule has 0 saturated heterocycles. The Balaban J connectivity index is 2.20. The first-order valence-electron chi connectivity index (χ1n) is 5.36. The van der Waals surface area contributed by atoms with E-state index in [1.165, 1.54) is 16.7 Å². The molecule has 2 nitrogen and oxygen atoms in total. The maximum atomic E-state index is 5.61. The highest BCUT2D eigenvalue weighted by molar-refractivity contribution is 5.63. The second kappa shape index (κ2) is 4.92. The van der Waals surface area contributed by atoms with E-state index < -0.39 is 0 Å². The first kappa shape index (κ1) is 10.9. The van der Waals surface area contributed by atoms with Gasteiger partial charge in [0.1, 0.15) is 0 Å². The van der Waals surface area contributed by atoms with Gasteiger partial charge in [0.25, 0.3) is 0 Å². The van der Waals surface area contributed by atoms with E-state index in [0.29, 0.717) is 0 Å². The SMILES string of the molecule is CN(N)Cc1ccc(-c2ccccc2)cc1. The van der Waals surface area contributed by atoms with E-state index in [0.717, 1.165) is 6.54 Å². The molecule has 16 heavy (non-hydrogen) atoms. The Labute approximate surface area is 96.3 Å². The third-order valence-electron chi connectivity index (χ3n) is 2.49. The Morgan fingerprint density at radius 1 is 0.875 bits per heavy atom. The molecule has 0 bridgehead atoms. The summed E-state index contributed by atoms with van der Waals surface area (Å²) in [5.74, 6) is 5.61. The van der Waals surface area contributed by atoms with Crippen LogP contribution in [0.3, 0.4) is 0 Å². The maximum Gasteiger partial charge on any atom is 0.0376 e. The normalized spacial score (nSPS) is 10.7. The van der Waals surface area contributed by atoms with Crippen LogP contribution >= 0.6 is 0 Å². The molecule has 2 aromatic carbocycles. The number of hydrazine groups is 1. The minimum atomic E-state index is 0.773. The van der Waals surface area contributed by atoms with Gasteiger partial charge < -0.3 is 0 Å². The lowest BCUT2D eigenvalue weighted by atomic mass is 10.0. The zero-order valence-corrected chi connectivity index (χ0v) is 9.43. The highest BCUT2D eigenvalue weighted by Crippen LogP contribution is 2.19. The van der Waals surface area contributed by atoms with Crippen molar-refractivity contribution in [2.75, 3.05) is 7.05 Å². The Hall–Kier alpha value is -1.64. The molecule has 0 aliphatic carbocycles. The summed E-state index contributed by atoms with van der Waals surface area (Å²) in [7, 11) is 1.87. The molecule has 0 aliphatic heterocycles. The van der Waals surface area contributed by atoms with Crippen molar-refractivity contribution < 1.29 is 0 Å². The lowest BCUT2D eigenvalue weighted by Crippen LogP contribution is -2.24. The molecule has 82 valence electrons. The second-order valence-electron chi connectivity index (χ2n) is 3.98. The predicted molar refractivity (Wildman–Crippen MR) is 67.5 cm³/mol. The Kier molecular flexibility index (Phi) is 3.34. The summed E-state index contributed by atoms with van der Waals surface area (Å²) in [6.45, 7) is 0.773. The van der Waals surface area contributed by atoms with E-state index in [-0.39, 0.29) is 0 Å². The maximum absolute atomic E-state index is 5.61. The van der Waals surface area contributed by atoms with Crippen molar-refractivity contribution in [3.8, 4) is 11.1 Å². The lowest BCUT2D eigenvalue weighted by Gasteiger charge is -2.09. The molecule has 2 aromatic rings. The van der Waals surface area contributed by atoms with E-state index in [9.17, 15) is 0 Å². The third kappa shape index (κ3) is 2.69. The fourth-order valence-corrected chi connectivity index (χ4v) is 1.72. The van der Waals surface area contributed by atoms with Crippen molar-refractivity contribution >= 4 is 0 Å². The highest BCUT2D eigenvalue weighted by Gasteiger charge is 1.98. The molecule has 0 spiro atoms. The highest BCUT2D eigenvalue weighted by atomic mass is 15.4. The van der Waals surface area contributed by atoms with Crippen LogP contribution in [-0.4, -0.2) is 12.1 Å². The molecule has 2 heteroatoms. The number of nitrogens with zero attached hydrogens (tertiary/aromatic N) is 1. The zero-order valence-electron chi connectivity index (χ0n) is 9.43. The fraction of sp³-hybridized carbons (Fsp3) is 0.143. The first-order chi connectivity index (χ1) is 7.75. The van der Waals surface area contributed by atoms with Crippen LogP contribution in [0.1, 0.15) is 5.56 Å². The van der Waals surface area contributed by atoms with Crippen LogP contribution in [0.2, 0.25) is 0 Å². The van der Waals surface area contributed by atoms with Crippen molar-refractivity contribution in [1.29, 1.82) is 0 Å². The quantitative estimate of drug-likeness (QED) is 0.626. The average molecular weight is 212 g/mol. The van der Waals surface area contributed by atoms with E-state index in [4.69, 9.17) is 5.84 Å². The molecule has 2 rings (SSSR count). The molecule has 0 aromatic heterocycles. The van der Waals surface area contributed by atoms with E-state index in [2.05, 4.69) is 48.5 Å². The van der Waals surface area contributed by atoms with Gasteiger partial charge >= 0.3 is 0 Å². The van der Waals surface area contributed by atoms with Gasteiger partial charge in [-0.2, -0.15) is 0 Å². The van der Waals surface area contributed by atoms with Gasteiger partial charge in [0.2, 0.25) is 0 Å². The minimum absolute atomic E-state index is 0.773. The largest absolute Gasteiger partial charge is 0.269 e. The van der Waals surface area contributed by atoms with Crippen molar-refractivity contribution in [3.05, 3.63) is 60.2 Å². The average Bonchev–Trinajstić information content (AvgIpc) is 2.30. The minimum Gasteiger partial charge on any atom is -0.269 e. The number of hydrogen-bond donors (Lipinski definition) is 1. The molecule has 0 atom stereocenters. The summed E-state index contributed by atoms with van der Waals surface area (Å²) in [5.41, 5.74) is 3.71. The topological polar surface area (TPSA) is 29.3 Å². The third-order valence-corrected chi connectivity index (χ3v) is 2.49. The molecule has 0 aliphatic rings. The van der Waals surface area contributed by atoms with Gasteiger partial charge in [-0.1, -0.05) is 54.6 Å². The zero-order chi connectivity index (χ0) is 11.4. The van der Waals surface area contributed by atoms with Crippen LogP contribution in [-0.2, 0) is 6.54 Å². The summed E-state index contributed by atoms with van der Waals surface area (Å²) in [5, 5.41) is 1.68. The summed E-state index contributed by atoms with van der Waals surface area (Å²) in [6, 6.07) is 18.9. The molecule has 0 fully saturated rings. The molecule has 0 heterocycles. The van der Waals surface area contributed by atoms with Crippen LogP contribution in [0.25, 0.3) is 11.1 Å². The van der Waals surface area contributed by atoms with Gasteiger partial charge in [-0.15, -0.1) is 0 Å². The smallest absolute Gasteiger partial charge is 0.0376 e. The van der Waals surface area contributed by atoms with Gasteiger partial charge in [-0.05, 0) is 16.7 Å². The van der Waals surface area contributed by atoms with Crippen molar-refractivity contribution in [3.63, 3.8) is 0 Å². The second-order valence-corrected chi connectivity index (χ2v) is 3.98. The summed E-state index contributed by atoms with van der Waals surface area (Å²) in [6.07, 6.45) is 0. The van der Waals surface area contributed by atoms with E-state index in [1.807, 2.05) is 13.1 Å². The molecule has 0 radical (unpaired) electrons. The molecule has 0 amide bonds. The molecule has 2 N–H and O–H groups in total. The monoisotopic (exact) mass is 212 g/mol. The number of hydrogen-bond acceptors (Lipinski definition) is 2. The van der Waals surface area contributed by atoms with E-state index >= 15 is 0 Å². The van der Waals surface area contributed by atoms with Crippen LogP contribution in [0.5, 0.6) is 0 Å². The number of rotatable bonds is 3. The van der Waals surface area contributed by atoms with Gasteiger partial charge in [0.15, 0.2) is 0 Å². The summed E-state index contributed by atoms with van der Waals surface area (Å²) >= 11 is 0. The molecule has 0 saturated carbocycles. The van der Waals surface area contributed by atoms with Crippen molar-refractivity contribution in [1.82, 2.24) is 5.01 Å². The molecular formula is C14H16N2. The van der Waals surface area contributed by atoms with Gasteiger partial charge in [0.05, 0.1) is 0 Å². The van der Waals surface area contributed by atoms with E-state index in [1.54, 1.807) is 5.01 Å². The van der Waals surface area contributed by atoms with Crippen molar-refractivity contribution in [2.24, 2.45) is 5.84 Å². The Morgan fingerprint density at radius 2 is 1.44 bits per heavy atom.